The van der Waals surface area contributed by atoms with Crippen molar-refractivity contribution < 1.29 is 9.59 Å². The molecule has 3 N–H and O–H groups in total. The van der Waals surface area contributed by atoms with Crippen molar-refractivity contribution in [1.29, 1.82) is 0 Å². The molecule has 2 amide bonds. The first-order valence-corrected chi connectivity index (χ1v) is 7.02. The quantitative estimate of drug-likeness (QED) is 0.899. The molecule has 0 aromatic heterocycles. The lowest BCUT2D eigenvalue weighted by molar-refractivity contribution is -0.159. The number of hydrogen-bond acceptors (Lipinski definition) is 2. The molecule has 1 saturated carbocycles. The van der Waals surface area contributed by atoms with Crippen molar-refractivity contribution in [3.05, 3.63) is 28.2 Å². The smallest absolute Gasteiger partial charge is 0.231 e. The molecule has 1 aliphatic rings. The van der Waals surface area contributed by atoms with Gasteiger partial charge in [0.1, 0.15) is 0 Å². The second kappa shape index (κ2) is 4.93. The normalized spacial score (nSPS) is 28.6. The Morgan fingerprint density at radius 3 is 2.00 bits per heavy atom. The molecule has 0 spiro atoms. The largest absolute Gasteiger partial charge is 0.369 e. The van der Waals surface area contributed by atoms with Gasteiger partial charge in [0.15, 0.2) is 0 Å². The summed E-state index contributed by atoms with van der Waals surface area (Å²) in [6.45, 7) is 3.48. The van der Waals surface area contributed by atoms with E-state index < -0.39 is 16.7 Å². The first-order chi connectivity index (χ1) is 9.19. The standard InChI is InChI=1S/C14H16Cl2N2O2/c1-13(11(17)19)3-4-14(13,2)12(20)18-10-6-8(15)5-9(16)7-10/h5-7H,3-4H2,1-2H3,(H2,17,19)(H,18,20). The van der Waals surface area contributed by atoms with Crippen LogP contribution in [0.4, 0.5) is 5.69 Å². The minimum atomic E-state index is -0.820. The third-order valence-electron chi connectivity index (χ3n) is 4.51. The highest BCUT2D eigenvalue weighted by Crippen LogP contribution is 2.56. The van der Waals surface area contributed by atoms with Gasteiger partial charge in [-0.25, -0.2) is 0 Å². The molecular weight excluding hydrogens is 299 g/mol. The van der Waals surface area contributed by atoms with Crippen LogP contribution in [0.3, 0.4) is 0 Å². The Kier molecular flexibility index (Phi) is 3.73. The van der Waals surface area contributed by atoms with Crippen LogP contribution >= 0.6 is 23.2 Å². The summed E-state index contributed by atoms with van der Waals surface area (Å²) < 4.78 is 0. The highest BCUT2D eigenvalue weighted by atomic mass is 35.5. The summed E-state index contributed by atoms with van der Waals surface area (Å²) in [6.07, 6.45) is 1.23. The van der Waals surface area contributed by atoms with Gasteiger partial charge in [-0.2, -0.15) is 0 Å². The molecular formula is C14H16Cl2N2O2. The summed E-state index contributed by atoms with van der Waals surface area (Å²) in [5.74, 6) is -0.700. The predicted octanol–water partition coefficient (Wildman–Crippen LogP) is 3.22. The molecule has 1 fully saturated rings. The van der Waals surface area contributed by atoms with Crippen LogP contribution in [0.2, 0.25) is 10.0 Å². The molecule has 0 heterocycles. The molecule has 2 rings (SSSR count). The lowest BCUT2D eigenvalue weighted by atomic mass is 9.50. The van der Waals surface area contributed by atoms with Gasteiger partial charge in [0.25, 0.3) is 0 Å². The predicted molar refractivity (Wildman–Crippen MR) is 79.7 cm³/mol. The van der Waals surface area contributed by atoms with E-state index in [9.17, 15) is 9.59 Å². The molecule has 2 unspecified atom stereocenters. The first-order valence-electron chi connectivity index (χ1n) is 6.26. The van der Waals surface area contributed by atoms with E-state index in [1.54, 1.807) is 32.0 Å². The van der Waals surface area contributed by atoms with Gasteiger partial charge in [-0.15, -0.1) is 0 Å². The zero-order valence-corrected chi connectivity index (χ0v) is 12.8. The zero-order chi connectivity index (χ0) is 15.1. The Hall–Kier alpha value is -1.26. The van der Waals surface area contributed by atoms with Crippen molar-refractivity contribution >= 4 is 40.7 Å². The number of benzene rings is 1. The molecule has 108 valence electrons. The Balaban J connectivity index is 2.22. The maximum atomic E-state index is 12.5. The number of hydrogen-bond donors (Lipinski definition) is 2. The first kappa shape index (κ1) is 15.1. The van der Waals surface area contributed by atoms with Crippen molar-refractivity contribution in [3.63, 3.8) is 0 Å². The minimum absolute atomic E-state index is 0.247. The number of primary amides is 1. The van der Waals surface area contributed by atoms with Crippen LogP contribution in [-0.2, 0) is 9.59 Å². The fourth-order valence-corrected chi connectivity index (χ4v) is 3.06. The Morgan fingerprint density at radius 2 is 1.60 bits per heavy atom. The fraction of sp³-hybridized carbons (Fsp3) is 0.429. The van der Waals surface area contributed by atoms with Gasteiger partial charge >= 0.3 is 0 Å². The van der Waals surface area contributed by atoms with Gasteiger partial charge in [0, 0.05) is 15.7 Å². The molecule has 20 heavy (non-hydrogen) atoms. The van der Waals surface area contributed by atoms with E-state index in [1.807, 2.05) is 0 Å². The number of amides is 2. The maximum absolute atomic E-state index is 12.5. The van der Waals surface area contributed by atoms with E-state index in [1.165, 1.54) is 0 Å². The molecule has 1 aromatic rings. The van der Waals surface area contributed by atoms with Crippen LogP contribution in [0.15, 0.2) is 18.2 Å². The number of nitrogens with two attached hydrogens (primary N) is 1. The SMILES string of the molecule is CC1(C(N)=O)CCC1(C)C(=O)Nc1cc(Cl)cc(Cl)c1. The average molecular weight is 315 g/mol. The summed E-state index contributed by atoms with van der Waals surface area (Å²) in [4.78, 5) is 24.0. The van der Waals surface area contributed by atoms with E-state index >= 15 is 0 Å². The molecule has 4 nitrogen and oxygen atoms in total. The van der Waals surface area contributed by atoms with Crippen LogP contribution in [0.5, 0.6) is 0 Å². The van der Waals surface area contributed by atoms with Crippen molar-refractivity contribution in [3.8, 4) is 0 Å². The number of nitrogens with one attached hydrogen (secondary N) is 1. The lowest BCUT2D eigenvalue weighted by Crippen LogP contribution is -2.60. The van der Waals surface area contributed by atoms with E-state index in [4.69, 9.17) is 28.9 Å². The van der Waals surface area contributed by atoms with Gasteiger partial charge in [-0.05, 0) is 44.9 Å². The number of halogens is 2. The summed E-state index contributed by atoms with van der Waals surface area (Å²) in [5, 5.41) is 3.63. The van der Waals surface area contributed by atoms with E-state index in [0.29, 0.717) is 28.6 Å². The third kappa shape index (κ3) is 2.27. The van der Waals surface area contributed by atoms with E-state index in [-0.39, 0.29) is 5.91 Å². The number of anilines is 1. The number of carbonyl (C=O) groups is 2. The Bertz CT molecular complexity index is 570. The van der Waals surface area contributed by atoms with Crippen molar-refractivity contribution in [2.24, 2.45) is 16.6 Å². The van der Waals surface area contributed by atoms with Crippen LogP contribution in [0.25, 0.3) is 0 Å². The number of rotatable bonds is 3. The van der Waals surface area contributed by atoms with Gasteiger partial charge in [-0.1, -0.05) is 23.2 Å². The summed E-state index contributed by atoms with van der Waals surface area (Å²) in [7, 11) is 0. The summed E-state index contributed by atoms with van der Waals surface area (Å²) in [5.41, 5.74) is 4.30. The van der Waals surface area contributed by atoms with Crippen molar-refractivity contribution in [2.75, 3.05) is 5.32 Å². The molecule has 1 aliphatic carbocycles. The van der Waals surface area contributed by atoms with Gasteiger partial charge < -0.3 is 11.1 Å². The molecule has 0 radical (unpaired) electrons. The van der Waals surface area contributed by atoms with Gasteiger partial charge in [-0.3, -0.25) is 9.59 Å². The van der Waals surface area contributed by atoms with Crippen LogP contribution in [-0.4, -0.2) is 11.8 Å². The fourth-order valence-electron chi connectivity index (χ4n) is 2.53. The highest BCUT2D eigenvalue weighted by Gasteiger charge is 2.60. The molecule has 0 aliphatic heterocycles. The summed E-state index contributed by atoms with van der Waals surface area (Å²) >= 11 is 11.8. The molecule has 6 heteroatoms. The molecule has 1 aromatic carbocycles. The van der Waals surface area contributed by atoms with Gasteiger partial charge in [0.2, 0.25) is 11.8 Å². The monoisotopic (exact) mass is 314 g/mol. The highest BCUT2D eigenvalue weighted by molar-refractivity contribution is 6.35. The van der Waals surface area contributed by atoms with E-state index in [0.717, 1.165) is 0 Å². The minimum Gasteiger partial charge on any atom is -0.369 e. The Morgan fingerprint density at radius 1 is 1.10 bits per heavy atom. The molecule has 0 bridgehead atoms. The van der Waals surface area contributed by atoms with Gasteiger partial charge in [0.05, 0.1) is 10.8 Å². The second-order valence-electron chi connectivity index (χ2n) is 5.64. The van der Waals surface area contributed by atoms with Crippen molar-refractivity contribution in [2.45, 2.75) is 26.7 Å². The lowest BCUT2D eigenvalue weighted by Gasteiger charge is -2.52. The van der Waals surface area contributed by atoms with Crippen LogP contribution in [0.1, 0.15) is 26.7 Å². The molecule has 0 saturated heterocycles. The Labute approximate surface area is 127 Å². The zero-order valence-electron chi connectivity index (χ0n) is 11.3. The van der Waals surface area contributed by atoms with Crippen LogP contribution in [0, 0.1) is 10.8 Å². The van der Waals surface area contributed by atoms with E-state index in [2.05, 4.69) is 5.32 Å². The average Bonchev–Trinajstić information content (AvgIpc) is 2.33. The van der Waals surface area contributed by atoms with Crippen molar-refractivity contribution in [1.82, 2.24) is 0 Å². The third-order valence-corrected chi connectivity index (χ3v) is 4.94. The second-order valence-corrected chi connectivity index (χ2v) is 6.51. The summed E-state index contributed by atoms with van der Waals surface area (Å²) in [6, 6.07) is 4.79. The topological polar surface area (TPSA) is 72.2 Å². The van der Waals surface area contributed by atoms with Crippen LogP contribution < -0.4 is 11.1 Å². The molecule has 2 atom stereocenters. The number of carbonyl (C=O) groups excluding carboxylic acids is 2. The maximum Gasteiger partial charge on any atom is 0.231 e.